The first-order chi connectivity index (χ1) is 19.5. The lowest BCUT2D eigenvalue weighted by molar-refractivity contribution is -0.134. The summed E-state index contributed by atoms with van der Waals surface area (Å²) in [6, 6.07) is 14.5. The summed E-state index contributed by atoms with van der Waals surface area (Å²) >= 11 is 1.14. The first kappa shape index (κ1) is 29.8. The molecule has 0 aliphatic carbocycles. The quantitative estimate of drug-likeness (QED) is 0.216. The fourth-order valence-electron chi connectivity index (χ4n) is 4.12. The fraction of sp³-hybridized carbons (Fsp3) is 0.250. The third kappa shape index (κ3) is 6.42. The molecule has 0 saturated carbocycles. The molecular weight excluding hydrogens is 566 g/mol. The predicted octanol–water partition coefficient (Wildman–Crippen LogP) is 3.85. The zero-order valence-corrected chi connectivity index (χ0v) is 24.2. The number of benzene rings is 1. The van der Waals surface area contributed by atoms with Crippen LogP contribution >= 0.6 is 11.3 Å². The number of carbonyl (C=O) groups excluding carboxylic acids is 1. The van der Waals surface area contributed by atoms with E-state index in [4.69, 9.17) is 4.74 Å². The molecule has 4 rings (SSSR count). The average molecular weight is 596 g/mol. The Hall–Kier alpha value is -4.20. The minimum absolute atomic E-state index is 0.0830. The van der Waals surface area contributed by atoms with Gasteiger partial charge < -0.3 is 15.2 Å². The van der Waals surface area contributed by atoms with Gasteiger partial charge in [0, 0.05) is 36.1 Å². The van der Waals surface area contributed by atoms with Gasteiger partial charge in [-0.2, -0.15) is 0 Å². The van der Waals surface area contributed by atoms with Gasteiger partial charge in [-0.3, -0.25) is 10.1 Å². The van der Waals surface area contributed by atoms with Crippen LogP contribution in [-0.4, -0.2) is 52.6 Å². The van der Waals surface area contributed by atoms with Gasteiger partial charge in [-0.15, -0.1) is 11.3 Å². The van der Waals surface area contributed by atoms with E-state index >= 15 is 0 Å². The third-order valence-corrected chi connectivity index (χ3v) is 9.02. The van der Waals surface area contributed by atoms with E-state index < -0.39 is 38.8 Å². The van der Waals surface area contributed by atoms with Crippen molar-refractivity contribution < 1.29 is 27.9 Å². The molecule has 214 valence electrons. The second-order valence-electron chi connectivity index (χ2n) is 9.84. The topological polar surface area (TPSA) is 160 Å². The first-order valence-electron chi connectivity index (χ1n) is 12.5. The molecule has 3 heterocycles. The number of carboxylic acids is 1. The van der Waals surface area contributed by atoms with E-state index in [1.807, 2.05) is 0 Å². The average Bonchev–Trinajstić information content (AvgIpc) is 3.48. The van der Waals surface area contributed by atoms with Crippen molar-refractivity contribution in [1.29, 1.82) is 0 Å². The zero-order valence-electron chi connectivity index (χ0n) is 22.6. The number of thiazole rings is 1. The molecule has 13 heteroatoms. The Balaban J connectivity index is 1.92. The molecule has 1 atom stereocenters. The van der Waals surface area contributed by atoms with E-state index in [2.05, 4.69) is 25.6 Å². The Morgan fingerprint density at radius 2 is 1.68 bits per heavy atom. The van der Waals surface area contributed by atoms with Crippen molar-refractivity contribution in [3.05, 3.63) is 100 Å². The second-order valence-corrected chi connectivity index (χ2v) is 12.8. The van der Waals surface area contributed by atoms with Crippen LogP contribution in [-0.2, 0) is 30.8 Å². The van der Waals surface area contributed by atoms with Gasteiger partial charge in [-0.1, -0.05) is 36.4 Å². The lowest BCUT2D eigenvalue weighted by atomic mass is 10.0. The number of pyridine rings is 2. The van der Waals surface area contributed by atoms with E-state index in [1.54, 1.807) is 68.6 Å². The lowest BCUT2D eigenvalue weighted by Gasteiger charge is -2.33. The summed E-state index contributed by atoms with van der Waals surface area (Å²) in [6.07, 6.45) is 4.24. The van der Waals surface area contributed by atoms with Crippen LogP contribution in [0.5, 0.6) is 0 Å². The highest BCUT2D eigenvalue weighted by molar-refractivity contribution is 7.92. The van der Waals surface area contributed by atoms with Gasteiger partial charge in [-0.05, 0) is 44.5 Å². The second kappa shape index (κ2) is 12.1. The Labute approximate surface area is 241 Å². The number of rotatable bonds is 11. The molecule has 0 aliphatic rings. The molecule has 1 unspecified atom stereocenters. The summed E-state index contributed by atoms with van der Waals surface area (Å²) in [5, 5.41) is 16.9. The summed E-state index contributed by atoms with van der Waals surface area (Å²) in [4.78, 5) is 35.5. The van der Waals surface area contributed by atoms with E-state index in [0.29, 0.717) is 5.56 Å². The number of carboxylic acid groups (broad SMARTS) is 1. The highest BCUT2D eigenvalue weighted by Crippen LogP contribution is 2.40. The summed E-state index contributed by atoms with van der Waals surface area (Å²) in [5.41, 5.74) is -0.150. The van der Waals surface area contributed by atoms with Gasteiger partial charge in [-0.25, -0.2) is 28.2 Å². The van der Waals surface area contributed by atoms with Crippen molar-refractivity contribution in [3.8, 4) is 0 Å². The third-order valence-electron chi connectivity index (χ3n) is 5.83. The van der Waals surface area contributed by atoms with Crippen LogP contribution in [0, 0.1) is 0 Å². The summed E-state index contributed by atoms with van der Waals surface area (Å²) in [6.45, 7) is 4.42. The van der Waals surface area contributed by atoms with Gasteiger partial charge in [0.15, 0.2) is 5.03 Å². The van der Waals surface area contributed by atoms with Gasteiger partial charge in [0.05, 0.1) is 5.56 Å². The highest BCUT2D eigenvalue weighted by Gasteiger charge is 2.51. The van der Waals surface area contributed by atoms with E-state index in [0.717, 1.165) is 11.3 Å². The van der Waals surface area contributed by atoms with Crippen LogP contribution < -0.4 is 10.6 Å². The summed E-state index contributed by atoms with van der Waals surface area (Å²) in [7, 11) is -4.33. The number of carbonyl (C=O) groups is 2. The van der Waals surface area contributed by atoms with Crippen LogP contribution in [0.1, 0.15) is 47.3 Å². The zero-order chi connectivity index (χ0) is 29.7. The van der Waals surface area contributed by atoms with Gasteiger partial charge in [0.2, 0.25) is 14.7 Å². The molecule has 0 fully saturated rings. The van der Waals surface area contributed by atoms with Crippen LogP contribution in [0.4, 0.5) is 5.82 Å². The molecule has 0 aliphatic heterocycles. The molecular formula is C28H29N5O6S2. The van der Waals surface area contributed by atoms with E-state index in [-0.39, 0.29) is 33.5 Å². The largest absolute Gasteiger partial charge is 0.480 e. The molecule has 0 radical (unpaired) electrons. The van der Waals surface area contributed by atoms with Crippen molar-refractivity contribution in [1.82, 2.24) is 20.3 Å². The number of nitrogens with zero attached hydrogens (tertiary/aromatic N) is 3. The van der Waals surface area contributed by atoms with Gasteiger partial charge in [0.1, 0.15) is 23.0 Å². The molecule has 41 heavy (non-hydrogen) atoms. The lowest BCUT2D eigenvalue weighted by Crippen LogP contribution is -2.50. The van der Waals surface area contributed by atoms with Crippen molar-refractivity contribution in [2.24, 2.45) is 0 Å². The normalized spacial score (nSPS) is 13.2. The minimum atomic E-state index is -4.33. The van der Waals surface area contributed by atoms with Crippen molar-refractivity contribution in [3.63, 3.8) is 0 Å². The Morgan fingerprint density at radius 1 is 0.951 bits per heavy atom. The maximum Gasteiger partial charge on any atom is 0.339 e. The van der Waals surface area contributed by atoms with Gasteiger partial charge in [0.25, 0.3) is 0 Å². The monoisotopic (exact) mass is 595 g/mol. The van der Waals surface area contributed by atoms with Crippen molar-refractivity contribution in [2.45, 2.75) is 42.8 Å². The number of esters is 1. The number of anilines is 1. The number of hydrogen-bond donors (Lipinski definition) is 3. The molecule has 11 nitrogen and oxygen atoms in total. The molecule has 0 saturated heterocycles. The Bertz CT molecular complexity index is 1610. The SMILES string of the molecule is CC(C)(C)OC(=O)c1ccnc(NCC(=O)O)c1CNC(c1ccccc1)(c1nccs1)S(=O)(=O)c1ccccn1. The molecule has 4 aromatic rings. The smallest absolute Gasteiger partial charge is 0.339 e. The van der Waals surface area contributed by atoms with Crippen molar-refractivity contribution >= 4 is 38.9 Å². The maximum atomic E-state index is 14.5. The highest BCUT2D eigenvalue weighted by atomic mass is 32.2. The molecule has 0 amide bonds. The Kier molecular flexibility index (Phi) is 8.80. The van der Waals surface area contributed by atoms with E-state index in [9.17, 15) is 23.1 Å². The molecule has 0 spiro atoms. The van der Waals surface area contributed by atoms with Crippen molar-refractivity contribution in [2.75, 3.05) is 11.9 Å². The van der Waals surface area contributed by atoms with Crippen LogP contribution in [0.3, 0.4) is 0 Å². The predicted molar refractivity (Wildman–Crippen MR) is 153 cm³/mol. The van der Waals surface area contributed by atoms with Crippen LogP contribution in [0.25, 0.3) is 0 Å². The maximum absolute atomic E-state index is 14.5. The fourth-order valence-corrected chi connectivity index (χ4v) is 7.08. The number of ether oxygens (including phenoxy) is 1. The molecule has 3 aromatic heterocycles. The number of sulfone groups is 1. The number of hydrogen-bond acceptors (Lipinski definition) is 11. The standard InChI is InChI=1S/C28H29N5O6S2/c1-27(2,3)39-25(36)20-12-14-30-24(32-18-23(34)35)21(20)17-33-28(26-31-15-16-40-26,19-9-5-4-6-10-19)41(37,38)22-11-7-8-13-29-22/h4-16,33H,17-18H2,1-3H3,(H,30,32)(H,34,35). The number of nitrogens with one attached hydrogen (secondary N) is 2. The van der Waals surface area contributed by atoms with Crippen LogP contribution in [0.15, 0.2) is 83.6 Å². The van der Waals surface area contributed by atoms with Crippen LogP contribution in [0.2, 0.25) is 0 Å². The first-order valence-corrected chi connectivity index (χ1v) is 14.8. The van der Waals surface area contributed by atoms with Gasteiger partial charge >= 0.3 is 11.9 Å². The molecule has 3 N–H and O–H groups in total. The molecule has 1 aromatic carbocycles. The number of aromatic nitrogens is 3. The Morgan fingerprint density at radius 3 is 2.29 bits per heavy atom. The molecule has 0 bridgehead atoms. The van der Waals surface area contributed by atoms with E-state index in [1.165, 1.54) is 30.7 Å². The summed E-state index contributed by atoms with van der Waals surface area (Å²) in [5.74, 6) is -1.74. The number of aliphatic carboxylic acids is 1. The minimum Gasteiger partial charge on any atom is -0.480 e. The summed E-state index contributed by atoms with van der Waals surface area (Å²) < 4.78 is 34.6.